The lowest BCUT2D eigenvalue weighted by molar-refractivity contribution is -0.0735. The number of hydrogen-bond donors (Lipinski definition) is 1. The van der Waals surface area contributed by atoms with Gasteiger partial charge in [-0.2, -0.15) is 0 Å². The Morgan fingerprint density at radius 3 is 2.85 bits per heavy atom. The SMILES string of the molecule is CC(C)NC(=O)c1cc2c(s1)C1(CCN(c3cnccn3)CC1)OCC2. The highest BCUT2D eigenvalue weighted by Gasteiger charge is 2.43. The van der Waals surface area contributed by atoms with Gasteiger partial charge in [-0.3, -0.25) is 9.78 Å². The van der Waals surface area contributed by atoms with E-state index in [4.69, 9.17) is 4.74 Å². The lowest BCUT2D eigenvalue weighted by Gasteiger charge is -2.44. The fraction of sp³-hybridized carbons (Fsp3) is 0.526. The fourth-order valence-electron chi connectivity index (χ4n) is 3.79. The third kappa shape index (κ3) is 3.21. The van der Waals surface area contributed by atoms with Crippen LogP contribution in [0.3, 0.4) is 0 Å². The number of piperidine rings is 1. The van der Waals surface area contributed by atoms with Gasteiger partial charge in [-0.25, -0.2) is 4.98 Å². The van der Waals surface area contributed by atoms with Gasteiger partial charge in [-0.1, -0.05) is 0 Å². The number of anilines is 1. The van der Waals surface area contributed by atoms with Gasteiger partial charge in [0.05, 0.1) is 17.7 Å². The van der Waals surface area contributed by atoms with Crippen molar-refractivity contribution >= 4 is 23.1 Å². The van der Waals surface area contributed by atoms with E-state index in [1.54, 1.807) is 23.7 Å². The van der Waals surface area contributed by atoms with E-state index in [0.717, 1.165) is 49.7 Å². The lowest BCUT2D eigenvalue weighted by atomic mass is 9.85. The summed E-state index contributed by atoms with van der Waals surface area (Å²) < 4.78 is 6.31. The molecule has 2 aromatic rings. The summed E-state index contributed by atoms with van der Waals surface area (Å²) in [5.74, 6) is 0.938. The minimum Gasteiger partial charge on any atom is -0.369 e. The summed E-state index contributed by atoms with van der Waals surface area (Å²) in [7, 11) is 0. The quantitative estimate of drug-likeness (QED) is 0.897. The fourth-order valence-corrected chi connectivity index (χ4v) is 5.10. The summed E-state index contributed by atoms with van der Waals surface area (Å²) in [6.45, 7) is 6.45. The van der Waals surface area contributed by atoms with Crippen LogP contribution < -0.4 is 10.2 Å². The zero-order chi connectivity index (χ0) is 18.1. The molecular weight excluding hydrogens is 348 g/mol. The zero-order valence-electron chi connectivity index (χ0n) is 15.2. The molecule has 2 aromatic heterocycles. The molecule has 2 aliphatic heterocycles. The highest BCUT2D eigenvalue weighted by Crippen LogP contribution is 2.45. The maximum Gasteiger partial charge on any atom is 0.261 e. The normalized spacial score (nSPS) is 18.8. The van der Waals surface area contributed by atoms with Crippen molar-refractivity contribution in [1.82, 2.24) is 15.3 Å². The second-order valence-electron chi connectivity index (χ2n) is 7.24. The Labute approximate surface area is 157 Å². The molecule has 0 atom stereocenters. The predicted molar refractivity (Wildman–Crippen MR) is 102 cm³/mol. The number of nitrogens with one attached hydrogen (secondary N) is 1. The van der Waals surface area contributed by atoms with E-state index >= 15 is 0 Å². The molecule has 0 aromatic carbocycles. The molecule has 0 aliphatic carbocycles. The van der Waals surface area contributed by atoms with Crippen molar-refractivity contribution in [3.63, 3.8) is 0 Å². The summed E-state index contributed by atoms with van der Waals surface area (Å²) in [6, 6.07) is 2.21. The van der Waals surface area contributed by atoms with Crippen molar-refractivity contribution in [2.75, 3.05) is 24.6 Å². The molecule has 4 rings (SSSR count). The smallest absolute Gasteiger partial charge is 0.261 e. The first-order valence-electron chi connectivity index (χ1n) is 9.16. The van der Waals surface area contributed by atoms with Crippen molar-refractivity contribution in [2.45, 2.75) is 44.8 Å². The molecule has 1 N–H and O–H groups in total. The molecular formula is C19H24N4O2S. The molecule has 0 bridgehead atoms. The van der Waals surface area contributed by atoms with E-state index in [1.165, 1.54) is 10.4 Å². The Morgan fingerprint density at radius 1 is 1.35 bits per heavy atom. The molecule has 1 amide bonds. The van der Waals surface area contributed by atoms with Gasteiger partial charge in [0.25, 0.3) is 5.91 Å². The molecule has 0 saturated carbocycles. The van der Waals surface area contributed by atoms with Crippen LogP contribution in [0.5, 0.6) is 0 Å². The third-order valence-electron chi connectivity index (χ3n) is 5.06. The lowest BCUT2D eigenvalue weighted by Crippen LogP contribution is -2.46. The van der Waals surface area contributed by atoms with Gasteiger partial charge in [0.1, 0.15) is 11.4 Å². The molecule has 6 nitrogen and oxygen atoms in total. The Hall–Kier alpha value is -1.99. The zero-order valence-corrected chi connectivity index (χ0v) is 16.0. The van der Waals surface area contributed by atoms with Gasteiger partial charge in [0, 0.05) is 36.4 Å². The number of carbonyl (C=O) groups is 1. The number of ether oxygens (including phenoxy) is 1. The Kier molecular flexibility index (Phi) is 4.67. The monoisotopic (exact) mass is 372 g/mol. The van der Waals surface area contributed by atoms with Crippen LogP contribution in [0.15, 0.2) is 24.7 Å². The molecule has 2 aliphatic rings. The molecule has 0 radical (unpaired) electrons. The van der Waals surface area contributed by atoms with E-state index in [2.05, 4.69) is 26.3 Å². The maximum atomic E-state index is 12.4. The number of rotatable bonds is 3. The van der Waals surface area contributed by atoms with E-state index in [0.29, 0.717) is 0 Å². The standard InChI is InChI=1S/C19H24N4O2S/c1-13(2)22-18(24)15-11-14-3-10-25-19(17(14)26-15)4-8-23(9-5-19)16-12-20-6-7-21-16/h6-7,11-13H,3-5,8-10H2,1-2H3,(H,22,24). The van der Waals surface area contributed by atoms with Crippen molar-refractivity contribution in [3.05, 3.63) is 40.0 Å². The number of thiophene rings is 1. The first-order chi connectivity index (χ1) is 12.6. The Balaban J connectivity index is 1.55. The highest BCUT2D eigenvalue weighted by molar-refractivity contribution is 7.14. The van der Waals surface area contributed by atoms with Crippen molar-refractivity contribution in [2.24, 2.45) is 0 Å². The summed E-state index contributed by atoms with van der Waals surface area (Å²) in [5, 5.41) is 3.00. The van der Waals surface area contributed by atoms with Crippen molar-refractivity contribution in [1.29, 1.82) is 0 Å². The van der Waals surface area contributed by atoms with Gasteiger partial charge >= 0.3 is 0 Å². The maximum absolute atomic E-state index is 12.4. The van der Waals surface area contributed by atoms with Gasteiger partial charge < -0.3 is 15.0 Å². The molecule has 1 fully saturated rings. The van der Waals surface area contributed by atoms with E-state index < -0.39 is 0 Å². The third-order valence-corrected chi connectivity index (χ3v) is 6.42. The summed E-state index contributed by atoms with van der Waals surface area (Å²) >= 11 is 1.60. The summed E-state index contributed by atoms with van der Waals surface area (Å²) in [4.78, 5) is 25.3. The Morgan fingerprint density at radius 2 is 2.15 bits per heavy atom. The molecule has 26 heavy (non-hydrogen) atoms. The number of nitrogens with zero attached hydrogens (tertiary/aromatic N) is 3. The van der Waals surface area contributed by atoms with Gasteiger partial charge in [0.15, 0.2) is 0 Å². The summed E-state index contributed by atoms with van der Waals surface area (Å²) in [6.07, 6.45) is 7.93. The van der Waals surface area contributed by atoms with Crippen molar-refractivity contribution in [3.8, 4) is 0 Å². The van der Waals surface area contributed by atoms with Crippen LogP contribution in [0.1, 0.15) is 46.8 Å². The first-order valence-corrected chi connectivity index (χ1v) is 9.98. The topological polar surface area (TPSA) is 67.4 Å². The minimum absolute atomic E-state index is 0.0199. The molecule has 1 spiro atoms. The van der Waals surface area contributed by atoms with Crippen LogP contribution in [-0.4, -0.2) is 41.6 Å². The first kappa shape index (κ1) is 17.4. The van der Waals surface area contributed by atoms with E-state index in [1.807, 2.05) is 20.0 Å². The minimum atomic E-state index is -0.257. The molecule has 1 saturated heterocycles. The van der Waals surface area contributed by atoms with Crippen LogP contribution in [0.4, 0.5) is 5.82 Å². The highest BCUT2D eigenvalue weighted by atomic mass is 32.1. The Bertz CT molecular complexity index is 782. The largest absolute Gasteiger partial charge is 0.369 e. The molecule has 7 heteroatoms. The van der Waals surface area contributed by atoms with Gasteiger partial charge in [-0.15, -0.1) is 11.3 Å². The van der Waals surface area contributed by atoms with Crippen LogP contribution >= 0.6 is 11.3 Å². The molecule has 0 unspecified atom stereocenters. The van der Waals surface area contributed by atoms with E-state index in [-0.39, 0.29) is 17.6 Å². The number of fused-ring (bicyclic) bond motifs is 2. The number of carbonyl (C=O) groups excluding carboxylic acids is 1. The predicted octanol–water partition coefficient (Wildman–Crippen LogP) is 2.74. The summed E-state index contributed by atoms with van der Waals surface area (Å²) in [5.41, 5.74) is 1.02. The number of amides is 1. The van der Waals surface area contributed by atoms with Crippen LogP contribution in [0.25, 0.3) is 0 Å². The van der Waals surface area contributed by atoms with Crippen LogP contribution in [0, 0.1) is 0 Å². The molecule has 4 heterocycles. The average Bonchev–Trinajstić information content (AvgIpc) is 3.09. The number of hydrogen-bond acceptors (Lipinski definition) is 6. The number of aromatic nitrogens is 2. The van der Waals surface area contributed by atoms with Crippen LogP contribution in [0.2, 0.25) is 0 Å². The van der Waals surface area contributed by atoms with Crippen LogP contribution in [-0.2, 0) is 16.8 Å². The van der Waals surface area contributed by atoms with Gasteiger partial charge in [0.2, 0.25) is 0 Å². The van der Waals surface area contributed by atoms with E-state index in [9.17, 15) is 4.79 Å². The van der Waals surface area contributed by atoms with Crippen molar-refractivity contribution < 1.29 is 9.53 Å². The molecule has 138 valence electrons. The van der Waals surface area contributed by atoms with Gasteiger partial charge in [-0.05, 0) is 44.7 Å². The second kappa shape index (κ2) is 6.96. The average molecular weight is 372 g/mol. The second-order valence-corrected chi connectivity index (χ2v) is 8.29.